The Labute approximate surface area is 93.5 Å². The highest BCUT2D eigenvalue weighted by molar-refractivity contribution is 6.59. The maximum absolute atomic E-state index is 9.19. The fraction of sp³-hybridized carbons (Fsp3) is 0.333. The van der Waals surface area contributed by atoms with Crippen molar-refractivity contribution in [2.45, 2.75) is 20.0 Å². The summed E-state index contributed by atoms with van der Waals surface area (Å²) in [6.45, 7) is 2.22. The van der Waals surface area contributed by atoms with E-state index in [1.54, 1.807) is 19.1 Å². The first kappa shape index (κ1) is 12.5. The lowest BCUT2D eigenvalue weighted by atomic mass is 9.75. The van der Waals surface area contributed by atoms with E-state index in [-0.39, 0.29) is 6.54 Å². The van der Waals surface area contributed by atoms with Gasteiger partial charge in [0.05, 0.1) is 6.54 Å². The summed E-state index contributed by atoms with van der Waals surface area (Å²) in [6.07, 6.45) is 0. The fourth-order valence-corrected chi connectivity index (χ4v) is 1.53. The lowest BCUT2D eigenvalue weighted by Gasteiger charge is -2.12. The third-order valence-electron chi connectivity index (χ3n) is 2.43. The Morgan fingerprint density at radius 1 is 1.50 bits per heavy atom. The number of azide groups is 1. The van der Waals surface area contributed by atoms with Gasteiger partial charge in [0.25, 0.3) is 0 Å². The molecule has 0 radical (unpaired) electrons. The van der Waals surface area contributed by atoms with E-state index in [9.17, 15) is 10.0 Å². The molecule has 6 nitrogen and oxygen atoms in total. The first-order valence-electron chi connectivity index (χ1n) is 4.79. The van der Waals surface area contributed by atoms with Crippen LogP contribution in [0.4, 0.5) is 0 Å². The predicted octanol–water partition coefficient (Wildman–Crippen LogP) is -0.0562. The molecular formula is C9H13BN4O2. The number of benzene rings is 1. The molecule has 4 N–H and O–H groups in total. The van der Waals surface area contributed by atoms with E-state index >= 15 is 0 Å². The summed E-state index contributed by atoms with van der Waals surface area (Å²) in [7, 11) is -1.55. The summed E-state index contributed by atoms with van der Waals surface area (Å²) in [5.74, 6) is 0. The molecule has 0 aromatic heterocycles. The highest BCUT2D eigenvalue weighted by Gasteiger charge is 2.16. The second-order valence-electron chi connectivity index (χ2n) is 3.44. The summed E-state index contributed by atoms with van der Waals surface area (Å²) in [5, 5.41) is 21.8. The van der Waals surface area contributed by atoms with Gasteiger partial charge in [-0.1, -0.05) is 17.2 Å². The number of hydrogen-bond acceptors (Lipinski definition) is 4. The van der Waals surface area contributed by atoms with E-state index in [0.717, 1.165) is 11.1 Å². The molecule has 0 spiro atoms. The molecule has 0 unspecified atom stereocenters. The minimum atomic E-state index is -1.55. The monoisotopic (exact) mass is 220 g/mol. The van der Waals surface area contributed by atoms with Gasteiger partial charge in [0.1, 0.15) is 0 Å². The second-order valence-corrected chi connectivity index (χ2v) is 3.44. The van der Waals surface area contributed by atoms with Crippen LogP contribution in [0.2, 0.25) is 0 Å². The van der Waals surface area contributed by atoms with Gasteiger partial charge in [-0.05, 0) is 34.6 Å². The molecule has 1 rings (SSSR count). The van der Waals surface area contributed by atoms with E-state index in [2.05, 4.69) is 10.0 Å². The Morgan fingerprint density at radius 2 is 2.19 bits per heavy atom. The van der Waals surface area contributed by atoms with Gasteiger partial charge in [-0.25, -0.2) is 0 Å². The SMILES string of the molecule is Cc1c(CN=[N+]=[N-])cc(CN)cc1B(O)O. The van der Waals surface area contributed by atoms with Crippen LogP contribution in [-0.2, 0) is 13.1 Å². The van der Waals surface area contributed by atoms with Crippen molar-refractivity contribution in [3.05, 3.63) is 39.3 Å². The van der Waals surface area contributed by atoms with Crippen LogP contribution < -0.4 is 11.2 Å². The zero-order chi connectivity index (χ0) is 12.1. The van der Waals surface area contributed by atoms with Crippen LogP contribution in [0.3, 0.4) is 0 Å². The molecule has 0 bridgehead atoms. The largest absolute Gasteiger partial charge is 0.488 e. The molecule has 0 saturated carbocycles. The van der Waals surface area contributed by atoms with Gasteiger partial charge < -0.3 is 15.8 Å². The van der Waals surface area contributed by atoms with Gasteiger partial charge in [0.2, 0.25) is 0 Å². The third kappa shape index (κ3) is 2.74. The standard InChI is InChI=1S/C9H13BN4O2/c1-6-8(5-13-14-12)2-7(4-11)3-9(6)10(15)16/h2-3,15-16H,4-5,11H2,1H3. The molecule has 0 fully saturated rings. The molecule has 1 aromatic carbocycles. The molecule has 0 aliphatic rings. The highest BCUT2D eigenvalue weighted by atomic mass is 16.4. The number of nitrogens with zero attached hydrogens (tertiary/aromatic N) is 3. The lowest BCUT2D eigenvalue weighted by Crippen LogP contribution is -2.33. The van der Waals surface area contributed by atoms with Gasteiger partial charge in [-0.3, -0.25) is 0 Å². The van der Waals surface area contributed by atoms with Crippen molar-refractivity contribution in [2.75, 3.05) is 0 Å². The van der Waals surface area contributed by atoms with Crippen molar-refractivity contribution in [1.82, 2.24) is 0 Å². The molecule has 1 aromatic rings. The average Bonchev–Trinajstić information content (AvgIpc) is 2.27. The Kier molecular flexibility index (Phi) is 4.33. The Hall–Kier alpha value is -1.53. The van der Waals surface area contributed by atoms with Gasteiger partial charge in [0.15, 0.2) is 0 Å². The highest BCUT2D eigenvalue weighted by Crippen LogP contribution is 2.11. The normalized spacial score (nSPS) is 9.75. The van der Waals surface area contributed by atoms with E-state index in [0.29, 0.717) is 17.6 Å². The van der Waals surface area contributed by atoms with Crippen molar-refractivity contribution >= 4 is 12.6 Å². The number of hydrogen-bond donors (Lipinski definition) is 3. The van der Waals surface area contributed by atoms with E-state index < -0.39 is 7.12 Å². The summed E-state index contributed by atoms with van der Waals surface area (Å²) < 4.78 is 0. The molecule has 84 valence electrons. The Bertz CT molecular complexity index is 430. The molecule has 0 heterocycles. The number of rotatable bonds is 4. The minimum absolute atomic E-state index is 0.176. The van der Waals surface area contributed by atoms with E-state index in [1.165, 1.54) is 0 Å². The molecule has 0 amide bonds. The summed E-state index contributed by atoms with van der Waals surface area (Å²) in [4.78, 5) is 2.67. The lowest BCUT2D eigenvalue weighted by molar-refractivity contribution is 0.425. The first-order chi connectivity index (χ1) is 7.60. The summed E-state index contributed by atoms with van der Waals surface area (Å²) >= 11 is 0. The molecule has 0 aliphatic carbocycles. The fourth-order valence-electron chi connectivity index (χ4n) is 1.53. The molecule has 0 saturated heterocycles. The number of nitrogens with two attached hydrogens (primary N) is 1. The van der Waals surface area contributed by atoms with Crippen LogP contribution >= 0.6 is 0 Å². The van der Waals surface area contributed by atoms with Gasteiger partial charge in [-0.2, -0.15) is 0 Å². The van der Waals surface area contributed by atoms with Crippen molar-refractivity contribution in [1.29, 1.82) is 0 Å². The molecule has 0 atom stereocenters. The van der Waals surface area contributed by atoms with Gasteiger partial charge in [0, 0.05) is 11.5 Å². The first-order valence-corrected chi connectivity index (χ1v) is 4.79. The van der Waals surface area contributed by atoms with Crippen LogP contribution in [-0.4, -0.2) is 17.2 Å². The van der Waals surface area contributed by atoms with E-state index in [1.807, 2.05) is 0 Å². The Morgan fingerprint density at radius 3 is 2.69 bits per heavy atom. The topological polar surface area (TPSA) is 115 Å². The second kappa shape index (κ2) is 5.53. The van der Waals surface area contributed by atoms with Crippen LogP contribution in [0.15, 0.2) is 17.2 Å². The average molecular weight is 220 g/mol. The minimum Gasteiger partial charge on any atom is -0.423 e. The van der Waals surface area contributed by atoms with E-state index in [4.69, 9.17) is 11.3 Å². The van der Waals surface area contributed by atoms with Crippen molar-refractivity contribution in [3.8, 4) is 0 Å². The zero-order valence-corrected chi connectivity index (χ0v) is 8.96. The smallest absolute Gasteiger partial charge is 0.423 e. The van der Waals surface area contributed by atoms with Gasteiger partial charge in [-0.15, -0.1) is 0 Å². The maximum Gasteiger partial charge on any atom is 0.488 e. The van der Waals surface area contributed by atoms with Crippen LogP contribution in [0.5, 0.6) is 0 Å². The van der Waals surface area contributed by atoms with Crippen molar-refractivity contribution in [2.24, 2.45) is 10.8 Å². The third-order valence-corrected chi connectivity index (χ3v) is 2.43. The predicted molar refractivity (Wildman–Crippen MR) is 61.7 cm³/mol. The molecule has 0 aliphatic heterocycles. The summed E-state index contributed by atoms with van der Waals surface area (Å²) in [5.41, 5.74) is 16.4. The Balaban J connectivity index is 3.24. The maximum atomic E-state index is 9.19. The van der Waals surface area contributed by atoms with Crippen LogP contribution in [0.1, 0.15) is 16.7 Å². The van der Waals surface area contributed by atoms with Crippen LogP contribution in [0.25, 0.3) is 10.4 Å². The van der Waals surface area contributed by atoms with Crippen LogP contribution in [0, 0.1) is 6.92 Å². The molecular weight excluding hydrogens is 207 g/mol. The van der Waals surface area contributed by atoms with Gasteiger partial charge >= 0.3 is 7.12 Å². The molecule has 16 heavy (non-hydrogen) atoms. The molecule has 7 heteroatoms. The quantitative estimate of drug-likeness (QED) is 0.285. The zero-order valence-electron chi connectivity index (χ0n) is 8.96. The van der Waals surface area contributed by atoms with Crippen molar-refractivity contribution < 1.29 is 10.0 Å². The summed E-state index contributed by atoms with van der Waals surface area (Å²) in [6, 6.07) is 3.44. The van der Waals surface area contributed by atoms with Crippen molar-refractivity contribution in [3.63, 3.8) is 0 Å².